The fourth-order valence-electron chi connectivity index (χ4n) is 4.38. The lowest BCUT2D eigenvalue weighted by Gasteiger charge is -2.37. The Labute approximate surface area is 151 Å². The van der Waals surface area contributed by atoms with E-state index in [2.05, 4.69) is 58.7 Å². The summed E-state index contributed by atoms with van der Waals surface area (Å²) in [5.41, 5.74) is 4.24. The van der Waals surface area contributed by atoms with E-state index in [1.54, 1.807) is 7.11 Å². The lowest BCUT2D eigenvalue weighted by Crippen LogP contribution is -2.47. The second-order valence-electron chi connectivity index (χ2n) is 7.30. The maximum absolute atomic E-state index is 5.53. The summed E-state index contributed by atoms with van der Waals surface area (Å²) in [6, 6.07) is 18.5. The van der Waals surface area contributed by atoms with Crippen molar-refractivity contribution in [1.29, 1.82) is 0 Å². The van der Waals surface area contributed by atoms with Gasteiger partial charge in [-0.05, 0) is 61.4 Å². The Morgan fingerprint density at radius 1 is 0.920 bits per heavy atom. The second kappa shape index (κ2) is 7.49. The number of para-hydroxylation sites is 1. The summed E-state index contributed by atoms with van der Waals surface area (Å²) < 4.78 is 5.53. The monoisotopic (exact) mass is 336 g/mol. The highest BCUT2D eigenvalue weighted by Gasteiger charge is 2.25. The normalized spacial score (nSPS) is 21.0. The maximum Gasteiger partial charge on any atom is 0.122 e. The van der Waals surface area contributed by atoms with Crippen LogP contribution in [0.2, 0.25) is 0 Å². The third kappa shape index (κ3) is 3.67. The van der Waals surface area contributed by atoms with Gasteiger partial charge in [0.2, 0.25) is 0 Å². The van der Waals surface area contributed by atoms with Gasteiger partial charge in [-0.25, -0.2) is 0 Å². The van der Waals surface area contributed by atoms with Gasteiger partial charge in [0.1, 0.15) is 5.75 Å². The molecule has 0 aromatic heterocycles. The predicted molar refractivity (Wildman–Crippen MR) is 104 cm³/mol. The van der Waals surface area contributed by atoms with Crippen LogP contribution in [0.5, 0.6) is 5.75 Å². The first-order valence-corrected chi connectivity index (χ1v) is 9.54. The molecule has 3 nitrogen and oxygen atoms in total. The van der Waals surface area contributed by atoms with Crippen molar-refractivity contribution in [3.63, 3.8) is 0 Å². The number of piperidine rings is 1. The van der Waals surface area contributed by atoms with Crippen LogP contribution in [-0.2, 0) is 12.8 Å². The molecule has 0 saturated carbocycles. The van der Waals surface area contributed by atoms with Crippen LogP contribution in [0.25, 0.3) is 0 Å². The van der Waals surface area contributed by atoms with E-state index < -0.39 is 0 Å². The molecule has 2 aliphatic rings. The molecule has 1 aliphatic carbocycles. The van der Waals surface area contributed by atoms with Crippen LogP contribution in [0, 0.1) is 0 Å². The van der Waals surface area contributed by atoms with Gasteiger partial charge >= 0.3 is 0 Å². The van der Waals surface area contributed by atoms with Crippen molar-refractivity contribution in [2.45, 2.75) is 44.2 Å². The van der Waals surface area contributed by atoms with Gasteiger partial charge in [0, 0.05) is 30.9 Å². The summed E-state index contributed by atoms with van der Waals surface area (Å²) in [5.74, 6) is 1.06. The van der Waals surface area contributed by atoms with Crippen molar-refractivity contribution in [1.82, 2.24) is 5.32 Å². The van der Waals surface area contributed by atoms with E-state index in [0.717, 1.165) is 31.7 Å². The zero-order valence-electron chi connectivity index (χ0n) is 15.1. The number of hydrogen-bond acceptors (Lipinski definition) is 3. The van der Waals surface area contributed by atoms with E-state index in [4.69, 9.17) is 4.74 Å². The Hall–Kier alpha value is -2.00. The number of nitrogens with one attached hydrogen (secondary N) is 1. The number of benzene rings is 2. The Kier molecular flexibility index (Phi) is 4.93. The lowest BCUT2D eigenvalue weighted by molar-refractivity contribution is 0.341. The van der Waals surface area contributed by atoms with Crippen molar-refractivity contribution in [3.05, 3.63) is 59.7 Å². The Morgan fingerprint density at radius 3 is 2.48 bits per heavy atom. The third-order valence-corrected chi connectivity index (χ3v) is 5.75. The molecule has 1 unspecified atom stereocenters. The molecule has 0 bridgehead atoms. The van der Waals surface area contributed by atoms with Gasteiger partial charge in [-0.15, -0.1) is 0 Å². The minimum absolute atomic E-state index is 0.605. The second-order valence-corrected chi connectivity index (χ2v) is 7.30. The number of anilines is 1. The average molecular weight is 336 g/mol. The largest absolute Gasteiger partial charge is 0.496 e. The van der Waals surface area contributed by atoms with Gasteiger partial charge in [-0.1, -0.05) is 30.3 Å². The Balaban J connectivity index is 1.32. The first-order valence-electron chi connectivity index (χ1n) is 9.54. The van der Waals surface area contributed by atoms with E-state index in [1.807, 2.05) is 0 Å². The molecule has 3 heteroatoms. The van der Waals surface area contributed by atoms with Crippen LogP contribution < -0.4 is 15.0 Å². The number of nitrogens with zero attached hydrogens (tertiary/aromatic N) is 1. The summed E-state index contributed by atoms with van der Waals surface area (Å²) in [6.45, 7) is 2.30. The molecule has 1 N–H and O–H groups in total. The third-order valence-electron chi connectivity index (χ3n) is 5.75. The standard InChI is InChI=1S/C22H28N2O/c1-25-22-9-5-6-17-16-19(10-11-21(17)22)23-18-12-14-24(15-13-18)20-7-3-2-4-8-20/h2-9,18-19,23H,10-16H2,1H3. The van der Waals surface area contributed by atoms with Crippen LogP contribution in [0.3, 0.4) is 0 Å². The predicted octanol–water partition coefficient (Wildman–Crippen LogP) is 3.81. The molecule has 0 spiro atoms. The molecule has 1 aliphatic heterocycles. The molecule has 1 heterocycles. The summed E-state index contributed by atoms with van der Waals surface area (Å²) in [4.78, 5) is 2.51. The van der Waals surface area contributed by atoms with Gasteiger partial charge in [0.15, 0.2) is 0 Å². The molecule has 2 aromatic rings. The van der Waals surface area contributed by atoms with Crippen molar-refractivity contribution >= 4 is 5.69 Å². The lowest BCUT2D eigenvalue weighted by atomic mass is 9.87. The molecular formula is C22H28N2O. The van der Waals surface area contributed by atoms with E-state index in [0.29, 0.717) is 12.1 Å². The maximum atomic E-state index is 5.53. The fourth-order valence-corrected chi connectivity index (χ4v) is 4.38. The number of fused-ring (bicyclic) bond motifs is 1. The molecule has 25 heavy (non-hydrogen) atoms. The number of hydrogen-bond donors (Lipinski definition) is 1. The van der Waals surface area contributed by atoms with Crippen molar-refractivity contribution in [3.8, 4) is 5.75 Å². The summed E-state index contributed by atoms with van der Waals surface area (Å²) in [5, 5.41) is 3.94. The topological polar surface area (TPSA) is 24.5 Å². The summed E-state index contributed by atoms with van der Waals surface area (Å²) >= 11 is 0. The van der Waals surface area contributed by atoms with E-state index in [1.165, 1.54) is 36.1 Å². The van der Waals surface area contributed by atoms with Gasteiger partial charge in [-0.3, -0.25) is 0 Å². The van der Waals surface area contributed by atoms with E-state index >= 15 is 0 Å². The van der Waals surface area contributed by atoms with Crippen LogP contribution in [-0.4, -0.2) is 32.3 Å². The first-order chi connectivity index (χ1) is 12.3. The van der Waals surface area contributed by atoms with Crippen LogP contribution in [0.15, 0.2) is 48.5 Å². The highest BCUT2D eigenvalue weighted by atomic mass is 16.5. The molecule has 1 fully saturated rings. The molecule has 2 aromatic carbocycles. The molecule has 4 rings (SSSR count). The quantitative estimate of drug-likeness (QED) is 0.919. The van der Waals surface area contributed by atoms with Gasteiger partial charge in [0.05, 0.1) is 7.11 Å². The fraction of sp³-hybridized carbons (Fsp3) is 0.455. The molecule has 0 amide bonds. The average Bonchev–Trinajstić information content (AvgIpc) is 2.68. The minimum Gasteiger partial charge on any atom is -0.496 e. The number of ether oxygens (including phenoxy) is 1. The summed E-state index contributed by atoms with van der Waals surface area (Å²) in [6.07, 6.45) is 5.93. The summed E-state index contributed by atoms with van der Waals surface area (Å²) in [7, 11) is 1.78. The molecule has 0 radical (unpaired) electrons. The van der Waals surface area contributed by atoms with Crippen molar-refractivity contribution in [2.75, 3.05) is 25.1 Å². The number of rotatable bonds is 4. The van der Waals surface area contributed by atoms with Crippen LogP contribution in [0.4, 0.5) is 5.69 Å². The first kappa shape index (κ1) is 16.5. The number of methoxy groups -OCH3 is 1. The Bertz CT molecular complexity index is 692. The van der Waals surface area contributed by atoms with Gasteiger partial charge < -0.3 is 15.0 Å². The SMILES string of the molecule is COc1cccc2c1CCC(NC1CCN(c3ccccc3)CC1)C2. The smallest absolute Gasteiger partial charge is 0.122 e. The molecule has 132 valence electrons. The zero-order valence-corrected chi connectivity index (χ0v) is 15.1. The van der Waals surface area contributed by atoms with E-state index in [9.17, 15) is 0 Å². The molecule has 1 saturated heterocycles. The van der Waals surface area contributed by atoms with Gasteiger partial charge in [-0.2, -0.15) is 0 Å². The van der Waals surface area contributed by atoms with Crippen molar-refractivity contribution < 1.29 is 4.74 Å². The van der Waals surface area contributed by atoms with Crippen LogP contribution in [0.1, 0.15) is 30.4 Å². The zero-order chi connectivity index (χ0) is 17.1. The molecule has 1 atom stereocenters. The van der Waals surface area contributed by atoms with Crippen LogP contribution >= 0.6 is 0 Å². The molecular weight excluding hydrogens is 308 g/mol. The van der Waals surface area contributed by atoms with E-state index in [-0.39, 0.29) is 0 Å². The highest BCUT2D eigenvalue weighted by molar-refractivity contribution is 5.46. The minimum atomic E-state index is 0.605. The Morgan fingerprint density at radius 2 is 1.72 bits per heavy atom. The van der Waals surface area contributed by atoms with Crippen molar-refractivity contribution in [2.24, 2.45) is 0 Å². The highest BCUT2D eigenvalue weighted by Crippen LogP contribution is 2.30. The van der Waals surface area contributed by atoms with Gasteiger partial charge in [0.25, 0.3) is 0 Å².